The van der Waals surface area contributed by atoms with Gasteiger partial charge in [-0.2, -0.15) is 0 Å². The fraction of sp³-hybridized carbons (Fsp3) is 0.133. The maximum absolute atomic E-state index is 6.07. The molecule has 3 rings (SSSR count). The van der Waals surface area contributed by atoms with Crippen molar-refractivity contribution in [3.8, 4) is 11.4 Å². The molecule has 0 amide bonds. The van der Waals surface area contributed by atoms with Crippen molar-refractivity contribution in [2.45, 2.75) is 6.92 Å². The Morgan fingerprint density at radius 2 is 2.10 bits per heavy atom. The van der Waals surface area contributed by atoms with E-state index in [2.05, 4.69) is 27.6 Å². The van der Waals surface area contributed by atoms with Gasteiger partial charge in [0.2, 0.25) is 5.95 Å². The van der Waals surface area contributed by atoms with E-state index in [1.807, 2.05) is 54.0 Å². The van der Waals surface area contributed by atoms with Crippen molar-refractivity contribution >= 4 is 39.6 Å². The van der Waals surface area contributed by atoms with E-state index in [-0.39, 0.29) is 0 Å². The van der Waals surface area contributed by atoms with Crippen LogP contribution in [-0.2, 0) is 0 Å². The molecular formula is C15H14IN3O. The summed E-state index contributed by atoms with van der Waals surface area (Å²) in [6, 6.07) is 14.0. The fourth-order valence-electron chi connectivity index (χ4n) is 2.22. The van der Waals surface area contributed by atoms with Crippen LogP contribution in [0, 0.1) is 3.57 Å². The van der Waals surface area contributed by atoms with Crippen LogP contribution in [0.5, 0.6) is 5.75 Å². The Kier molecular flexibility index (Phi) is 3.52. The Labute approximate surface area is 130 Å². The topological polar surface area (TPSA) is 53.1 Å². The van der Waals surface area contributed by atoms with Gasteiger partial charge in [0.25, 0.3) is 0 Å². The summed E-state index contributed by atoms with van der Waals surface area (Å²) >= 11 is 2.27. The molecule has 1 heterocycles. The summed E-state index contributed by atoms with van der Waals surface area (Å²) in [6.45, 7) is 2.61. The normalized spacial score (nSPS) is 10.9. The molecule has 3 aromatic rings. The van der Waals surface area contributed by atoms with Crippen LogP contribution in [0.3, 0.4) is 0 Å². The van der Waals surface area contributed by atoms with Crippen molar-refractivity contribution in [3.05, 3.63) is 46.0 Å². The minimum absolute atomic E-state index is 0.482. The van der Waals surface area contributed by atoms with Gasteiger partial charge in [-0.15, -0.1) is 0 Å². The summed E-state index contributed by atoms with van der Waals surface area (Å²) in [5, 5.41) is 0. The zero-order chi connectivity index (χ0) is 14.1. The van der Waals surface area contributed by atoms with E-state index in [9.17, 15) is 0 Å². The number of fused-ring (bicyclic) bond motifs is 1. The molecule has 4 nitrogen and oxygen atoms in total. The monoisotopic (exact) mass is 379 g/mol. The predicted molar refractivity (Wildman–Crippen MR) is 89.4 cm³/mol. The molecule has 0 atom stereocenters. The first-order valence-corrected chi connectivity index (χ1v) is 7.43. The molecule has 2 N–H and O–H groups in total. The van der Waals surface area contributed by atoms with Gasteiger partial charge in [0.05, 0.1) is 23.3 Å². The second-order valence-electron chi connectivity index (χ2n) is 4.37. The van der Waals surface area contributed by atoms with Crippen LogP contribution >= 0.6 is 22.6 Å². The van der Waals surface area contributed by atoms with Gasteiger partial charge in [-0.1, -0.05) is 6.07 Å². The quantitative estimate of drug-likeness (QED) is 0.708. The Morgan fingerprint density at radius 3 is 2.90 bits per heavy atom. The first-order chi connectivity index (χ1) is 9.69. The lowest BCUT2D eigenvalue weighted by Crippen LogP contribution is -2.01. The standard InChI is InChI=1S/C15H14IN3O/c1-2-20-12-5-3-4-11(9-12)19-14-7-6-10(16)8-13(14)18-15(19)17/h3-9H,2H2,1H3,(H2,17,18). The Balaban J connectivity index is 2.18. The number of imidazole rings is 1. The van der Waals surface area contributed by atoms with Crippen molar-refractivity contribution in [2.75, 3.05) is 12.3 Å². The molecule has 0 aliphatic heterocycles. The minimum atomic E-state index is 0.482. The van der Waals surface area contributed by atoms with Crippen LogP contribution in [0.2, 0.25) is 0 Å². The van der Waals surface area contributed by atoms with E-state index in [0.29, 0.717) is 12.6 Å². The van der Waals surface area contributed by atoms with Gasteiger partial charge in [-0.05, 0) is 59.8 Å². The molecular weight excluding hydrogens is 365 g/mol. The molecule has 0 fully saturated rings. The van der Waals surface area contributed by atoms with E-state index in [1.165, 1.54) is 0 Å². The number of ether oxygens (including phenoxy) is 1. The lowest BCUT2D eigenvalue weighted by atomic mass is 10.2. The molecule has 102 valence electrons. The number of hydrogen-bond donors (Lipinski definition) is 1. The van der Waals surface area contributed by atoms with Gasteiger partial charge >= 0.3 is 0 Å². The first kappa shape index (κ1) is 13.2. The van der Waals surface area contributed by atoms with Crippen molar-refractivity contribution in [1.82, 2.24) is 9.55 Å². The van der Waals surface area contributed by atoms with Crippen LogP contribution in [0.25, 0.3) is 16.7 Å². The van der Waals surface area contributed by atoms with Gasteiger partial charge < -0.3 is 10.5 Å². The fourth-order valence-corrected chi connectivity index (χ4v) is 2.70. The molecule has 0 aliphatic carbocycles. The number of nitrogens with two attached hydrogens (primary N) is 1. The molecule has 0 aliphatic rings. The highest BCUT2D eigenvalue weighted by molar-refractivity contribution is 14.1. The van der Waals surface area contributed by atoms with Gasteiger partial charge in [0.15, 0.2) is 0 Å². The summed E-state index contributed by atoms with van der Waals surface area (Å²) in [5.41, 5.74) is 8.92. The van der Waals surface area contributed by atoms with Crippen LogP contribution in [0.1, 0.15) is 6.92 Å². The Bertz CT molecular complexity index is 767. The number of benzene rings is 2. The van der Waals surface area contributed by atoms with Crippen LogP contribution < -0.4 is 10.5 Å². The molecule has 0 spiro atoms. The number of nitrogens with zero attached hydrogens (tertiary/aromatic N) is 2. The minimum Gasteiger partial charge on any atom is -0.494 e. The van der Waals surface area contributed by atoms with Gasteiger partial charge in [-0.25, -0.2) is 4.98 Å². The molecule has 20 heavy (non-hydrogen) atoms. The van der Waals surface area contributed by atoms with Crippen molar-refractivity contribution in [1.29, 1.82) is 0 Å². The molecule has 0 radical (unpaired) electrons. The highest BCUT2D eigenvalue weighted by atomic mass is 127. The van der Waals surface area contributed by atoms with Gasteiger partial charge in [0.1, 0.15) is 5.75 Å². The van der Waals surface area contributed by atoms with Gasteiger partial charge in [0, 0.05) is 9.64 Å². The van der Waals surface area contributed by atoms with Gasteiger partial charge in [-0.3, -0.25) is 4.57 Å². The summed E-state index contributed by atoms with van der Waals surface area (Å²) < 4.78 is 8.62. The number of hydrogen-bond acceptors (Lipinski definition) is 3. The summed E-state index contributed by atoms with van der Waals surface area (Å²) in [6.07, 6.45) is 0. The maximum atomic E-state index is 6.07. The third kappa shape index (κ3) is 2.33. The first-order valence-electron chi connectivity index (χ1n) is 6.35. The maximum Gasteiger partial charge on any atom is 0.205 e. The molecule has 0 bridgehead atoms. The Morgan fingerprint density at radius 1 is 1.25 bits per heavy atom. The van der Waals surface area contributed by atoms with Crippen molar-refractivity contribution in [3.63, 3.8) is 0 Å². The molecule has 0 saturated heterocycles. The number of anilines is 1. The third-order valence-corrected chi connectivity index (χ3v) is 3.70. The molecule has 1 aromatic heterocycles. The van der Waals surface area contributed by atoms with Crippen molar-refractivity contribution in [2.24, 2.45) is 0 Å². The number of rotatable bonds is 3. The SMILES string of the molecule is CCOc1cccc(-n2c(N)nc3cc(I)ccc32)c1. The zero-order valence-electron chi connectivity index (χ0n) is 11.0. The van der Waals surface area contributed by atoms with Crippen molar-refractivity contribution < 1.29 is 4.74 Å². The Hall–Kier alpha value is -1.76. The van der Waals surface area contributed by atoms with E-state index in [4.69, 9.17) is 10.5 Å². The largest absolute Gasteiger partial charge is 0.494 e. The van der Waals surface area contributed by atoms with Crippen LogP contribution in [-0.4, -0.2) is 16.2 Å². The molecule has 2 aromatic carbocycles. The van der Waals surface area contributed by atoms with Crippen LogP contribution in [0.15, 0.2) is 42.5 Å². The summed E-state index contributed by atoms with van der Waals surface area (Å²) in [4.78, 5) is 4.42. The predicted octanol–water partition coefficient (Wildman–Crippen LogP) is 3.61. The number of nitrogen functional groups attached to an aromatic ring is 1. The van der Waals surface area contributed by atoms with Crippen LogP contribution in [0.4, 0.5) is 5.95 Å². The van der Waals surface area contributed by atoms with E-state index in [0.717, 1.165) is 26.0 Å². The average molecular weight is 379 g/mol. The highest BCUT2D eigenvalue weighted by Gasteiger charge is 2.10. The van der Waals surface area contributed by atoms with E-state index in [1.54, 1.807) is 0 Å². The smallest absolute Gasteiger partial charge is 0.205 e. The third-order valence-electron chi connectivity index (χ3n) is 3.03. The zero-order valence-corrected chi connectivity index (χ0v) is 13.2. The average Bonchev–Trinajstić information content (AvgIpc) is 2.74. The molecule has 0 unspecified atom stereocenters. The number of aromatic nitrogens is 2. The lowest BCUT2D eigenvalue weighted by molar-refractivity contribution is 0.340. The van der Waals surface area contributed by atoms with E-state index < -0.39 is 0 Å². The summed E-state index contributed by atoms with van der Waals surface area (Å²) in [7, 11) is 0. The second-order valence-corrected chi connectivity index (χ2v) is 5.61. The molecule has 5 heteroatoms. The summed E-state index contributed by atoms with van der Waals surface area (Å²) in [5.74, 6) is 1.31. The van der Waals surface area contributed by atoms with E-state index >= 15 is 0 Å². The number of halogens is 1. The molecule has 0 saturated carbocycles. The second kappa shape index (κ2) is 5.32. The highest BCUT2D eigenvalue weighted by Crippen LogP contribution is 2.26. The lowest BCUT2D eigenvalue weighted by Gasteiger charge is -2.09.